The number of aliphatic carboxylic acids is 1. The van der Waals surface area contributed by atoms with E-state index in [4.69, 9.17) is 10.00 Å². The van der Waals surface area contributed by atoms with E-state index in [2.05, 4.69) is 4.52 Å². The molecule has 0 saturated carbocycles. The summed E-state index contributed by atoms with van der Waals surface area (Å²) in [5, 5.41) is 7.92. The molecule has 2 N–H and O–H groups in total. The lowest BCUT2D eigenvalue weighted by Gasteiger charge is -2.01. The smallest absolute Gasteiger partial charge is 0.330 e. The minimum Gasteiger partial charge on any atom is -0.480 e. The zero-order chi connectivity index (χ0) is 7.49. The second-order valence-electron chi connectivity index (χ2n) is 1.47. The Morgan fingerprint density at radius 1 is 1.78 bits per heavy atom. The molecule has 0 aromatic heterocycles. The topological polar surface area (TPSA) is 83.8 Å². The summed E-state index contributed by atoms with van der Waals surface area (Å²) in [7, 11) is -3.60. The van der Waals surface area contributed by atoms with Crippen molar-refractivity contribution >= 4 is 13.6 Å². The van der Waals surface area contributed by atoms with Crippen molar-refractivity contribution in [2.75, 3.05) is 13.3 Å². The number of rotatable bonds is 3. The Morgan fingerprint density at radius 3 is 2.33 bits per heavy atom. The van der Waals surface area contributed by atoms with Crippen LogP contribution in [0, 0.1) is 0 Å². The predicted octanol–water partition coefficient (Wildman–Crippen LogP) is -0.0972. The average Bonchev–Trinajstić information content (AvgIpc) is 1.59. The summed E-state index contributed by atoms with van der Waals surface area (Å²) < 4.78 is 14.2. The molecule has 6 heteroatoms. The molecule has 1 unspecified atom stereocenters. The van der Waals surface area contributed by atoms with E-state index in [0.717, 1.165) is 6.66 Å². The van der Waals surface area contributed by atoms with Gasteiger partial charge >= 0.3 is 13.6 Å². The first-order valence-corrected chi connectivity index (χ1v) is 4.11. The molecule has 0 aliphatic carbocycles. The van der Waals surface area contributed by atoms with Crippen LogP contribution in [0.15, 0.2) is 0 Å². The van der Waals surface area contributed by atoms with E-state index in [0.29, 0.717) is 0 Å². The fourth-order valence-electron chi connectivity index (χ4n) is 0.175. The first kappa shape index (κ1) is 8.62. The van der Waals surface area contributed by atoms with E-state index in [1.54, 1.807) is 0 Å². The van der Waals surface area contributed by atoms with E-state index in [-0.39, 0.29) is 0 Å². The molecule has 0 rings (SSSR count). The van der Waals surface area contributed by atoms with Gasteiger partial charge < -0.3 is 10.00 Å². The quantitative estimate of drug-likeness (QED) is 0.554. The standard InChI is InChI=1S/C3H7O5P/c1-9(6,7)8-2-3(4)5/h2H2,1H3,(H,4,5)(H,6,7). The van der Waals surface area contributed by atoms with Crippen LogP contribution >= 0.6 is 7.60 Å². The van der Waals surface area contributed by atoms with E-state index >= 15 is 0 Å². The lowest BCUT2D eigenvalue weighted by molar-refractivity contribution is -0.139. The molecule has 9 heavy (non-hydrogen) atoms. The maximum absolute atomic E-state index is 10.2. The molecule has 0 aliphatic heterocycles. The summed E-state index contributed by atoms with van der Waals surface area (Å²) in [5.41, 5.74) is 0. The van der Waals surface area contributed by atoms with Gasteiger partial charge in [0.25, 0.3) is 0 Å². The second kappa shape index (κ2) is 2.96. The van der Waals surface area contributed by atoms with Crippen LogP contribution in [0.4, 0.5) is 0 Å². The van der Waals surface area contributed by atoms with E-state index in [1.165, 1.54) is 0 Å². The number of hydrogen-bond donors (Lipinski definition) is 2. The second-order valence-corrected chi connectivity index (χ2v) is 3.33. The third-order valence-corrected chi connectivity index (χ3v) is 1.04. The van der Waals surface area contributed by atoms with Gasteiger partial charge in [-0.05, 0) is 0 Å². The highest BCUT2D eigenvalue weighted by atomic mass is 31.2. The maximum atomic E-state index is 10.2. The zero-order valence-corrected chi connectivity index (χ0v) is 5.67. The molecule has 0 saturated heterocycles. The van der Waals surface area contributed by atoms with E-state index in [9.17, 15) is 9.36 Å². The molecular weight excluding hydrogens is 147 g/mol. The molecule has 0 radical (unpaired) electrons. The van der Waals surface area contributed by atoms with Crippen molar-refractivity contribution < 1.29 is 23.9 Å². The normalized spacial score (nSPS) is 16.7. The highest BCUT2D eigenvalue weighted by molar-refractivity contribution is 7.51. The van der Waals surface area contributed by atoms with Gasteiger partial charge in [0.2, 0.25) is 0 Å². The first-order chi connectivity index (χ1) is 3.92. The lowest BCUT2D eigenvalue weighted by atomic mass is 10.8. The number of carboxylic acid groups (broad SMARTS) is 1. The minimum absolute atomic E-state index is 0.732. The van der Waals surface area contributed by atoms with Crippen LogP contribution in [0.2, 0.25) is 0 Å². The lowest BCUT2D eigenvalue weighted by Crippen LogP contribution is -2.04. The van der Waals surface area contributed by atoms with Crippen LogP contribution < -0.4 is 0 Å². The fraction of sp³-hybridized carbons (Fsp3) is 0.667. The van der Waals surface area contributed by atoms with E-state index < -0.39 is 20.2 Å². The Bertz CT molecular complexity index is 146. The van der Waals surface area contributed by atoms with Gasteiger partial charge in [0.15, 0.2) is 6.61 Å². The SMILES string of the molecule is CP(=O)(O)OCC(=O)O. The van der Waals surface area contributed by atoms with Gasteiger partial charge in [-0.25, -0.2) is 4.79 Å². The van der Waals surface area contributed by atoms with Crippen molar-refractivity contribution in [2.45, 2.75) is 0 Å². The van der Waals surface area contributed by atoms with Crippen LogP contribution in [0.3, 0.4) is 0 Å². The van der Waals surface area contributed by atoms with Crippen LogP contribution in [0.1, 0.15) is 0 Å². The maximum Gasteiger partial charge on any atom is 0.330 e. The Kier molecular flexibility index (Phi) is 2.84. The number of carbonyl (C=O) groups is 1. The Hall–Kier alpha value is -0.380. The molecule has 0 amide bonds. The third kappa shape index (κ3) is 7.62. The molecule has 54 valence electrons. The Labute approximate surface area is 51.8 Å². The van der Waals surface area contributed by atoms with Gasteiger partial charge in [0, 0.05) is 6.66 Å². The average molecular weight is 154 g/mol. The molecule has 1 atom stereocenters. The highest BCUT2D eigenvalue weighted by Crippen LogP contribution is 2.35. The monoisotopic (exact) mass is 154 g/mol. The van der Waals surface area contributed by atoms with Crippen LogP contribution in [-0.2, 0) is 13.9 Å². The van der Waals surface area contributed by atoms with Crippen LogP contribution in [-0.4, -0.2) is 29.2 Å². The van der Waals surface area contributed by atoms with Gasteiger partial charge in [-0.15, -0.1) is 0 Å². The number of hydrogen-bond acceptors (Lipinski definition) is 3. The van der Waals surface area contributed by atoms with Crippen molar-refractivity contribution in [3.05, 3.63) is 0 Å². The number of carboxylic acids is 1. The van der Waals surface area contributed by atoms with Crippen LogP contribution in [0.5, 0.6) is 0 Å². The van der Waals surface area contributed by atoms with E-state index in [1.807, 2.05) is 0 Å². The summed E-state index contributed by atoms with van der Waals surface area (Å²) in [4.78, 5) is 18.0. The molecule has 0 aromatic carbocycles. The molecule has 0 spiro atoms. The summed E-state index contributed by atoms with van der Waals surface area (Å²) in [6.45, 7) is 0.195. The Balaban J connectivity index is 3.53. The van der Waals surface area contributed by atoms with Gasteiger partial charge in [-0.2, -0.15) is 0 Å². The molecule has 0 aliphatic rings. The summed E-state index contributed by atoms with van der Waals surface area (Å²) >= 11 is 0. The predicted molar refractivity (Wildman–Crippen MR) is 29.3 cm³/mol. The molecule has 5 nitrogen and oxygen atoms in total. The van der Waals surface area contributed by atoms with Crippen LogP contribution in [0.25, 0.3) is 0 Å². The van der Waals surface area contributed by atoms with Gasteiger partial charge in [-0.3, -0.25) is 9.09 Å². The van der Waals surface area contributed by atoms with Crippen molar-refractivity contribution in [3.63, 3.8) is 0 Å². The minimum atomic E-state index is -3.60. The van der Waals surface area contributed by atoms with Crippen molar-refractivity contribution in [1.29, 1.82) is 0 Å². The van der Waals surface area contributed by atoms with Gasteiger partial charge in [0.1, 0.15) is 0 Å². The molecule has 0 bridgehead atoms. The molecule has 0 fully saturated rings. The van der Waals surface area contributed by atoms with Gasteiger partial charge in [-0.1, -0.05) is 0 Å². The highest BCUT2D eigenvalue weighted by Gasteiger charge is 2.11. The zero-order valence-electron chi connectivity index (χ0n) is 4.77. The van der Waals surface area contributed by atoms with Gasteiger partial charge in [0.05, 0.1) is 0 Å². The summed E-state index contributed by atoms with van der Waals surface area (Å²) in [5.74, 6) is -1.26. The third-order valence-electron chi connectivity index (χ3n) is 0.428. The molecule has 0 heterocycles. The van der Waals surface area contributed by atoms with Crippen molar-refractivity contribution in [3.8, 4) is 0 Å². The molecule has 0 aromatic rings. The first-order valence-electron chi connectivity index (χ1n) is 2.08. The summed E-state index contributed by atoms with van der Waals surface area (Å²) in [6, 6.07) is 0. The largest absolute Gasteiger partial charge is 0.480 e. The Morgan fingerprint density at radius 2 is 2.22 bits per heavy atom. The van der Waals surface area contributed by atoms with Crippen molar-refractivity contribution in [2.24, 2.45) is 0 Å². The summed E-state index contributed by atoms with van der Waals surface area (Å²) in [6.07, 6.45) is 0. The molecular formula is C3H7O5P. The van der Waals surface area contributed by atoms with Crippen molar-refractivity contribution in [1.82, 2.24) is 0 Å². The fourth-order valence-corrected chi connectivity index (χ4v) is 0.525.